The van der Waals surface area contributed by atoms with Crippen molar-refractivity contribution in [1.82, 2.24) is 9.55 Å². The van der Waals surface area contributed by atoms with E-state index in [4.69, 9.17) is 11.5 Å². The minimum atomic E-state index is -0.858. The summed E-state index contributed by atoms with van der Waals surface area (Å²) < 4.78 is 0.890. The normalized spacial score (nSPS) is 10.9. The van der Waals surface area contributed by atoms with Crippen LogP contribution in [0.5, 0.6) is 0 Å². The Balaban J connectivity index is 2.62. The molecule has 0 radical (unpaired) electrons. The van der Waals surface area contributed by atoms with Crippen molar-refractivity contribution >= 4 is 22.6 Å². The lowest BCUT2D eigenvalue weighted by Gasteiger charge is -2.02. The van der Waals surface area contributed by atoms with Gasteiger partial charge in [0.15, 0.2) is 0 Å². The number of nitrogens with zero attached hydrogens (tertiary/aromatic N) is 2. The molecule has 19 heavy (non-hydrogen) atoms. The lowest BCUT2D eigenvalue weighted by atomic mass is 10.2. The molecule has 6 heteroatoms. The summed E-state index contributed by atoms with van der Waals surface area (Å²) >= 11 is 0. The van der Waals surface area contributed by atoms with Gasteiger partial charge in [-0.2, -0.15) is 0 Å². The second-order valence-electron chi connectivity index (χ2n) is 4.16. The van der Waals surface area contributed by atoms with Crippen molar-refractivity contribution in [3.05, 3.63) is 46.8 Å². The lowest BCUT2D eigenvalue weighted by molar-refractivity contribution is 0.250. The minimum absolute atomic E-state index is 0.234. The average molecular weight is 254 g/mol. The lowest BCUT2D eigenvalue weighted by Crippen LogP contribution is -2.31. The molecule has 1 amide bonds. The molecule has 4 N–H and O–H groups in total. The second-order valence-corrected chi connectivity index (χ2v) is 4.16. The molecule has 0 unspecified atom stereocenters. The summed E-state index contributed by atoms with van der Waals surface area (Å²) in [7, 11) is 0. The molecule has 0 saturated heterocycles. The van der Waals surface area contributed by atoms with Crippen molar-refractivity contribution in [2.75, 3.05) is 5.73 Å². The Bertz CT molecular complexity index is 838. The number of hydrogen-bond acceptors (Lipinski definition) is 4. The molecule has 0 aromatic heterocycles. The van der Waals surface area contributed by atoms with Crippen molar-refractivity contribution in [3.8, 4) is 11.4 Å². The Hall–Kier alpha value is -2.89. The van der Waals surface area contributed by atoms with Crippen LogP contribution >= 0.6 is 0 Å². The first kappa shape index (κ1) is 11.2. The zero-order valence-corrected chi connectivity index (χ0v) is 9.83. The van der Waals surface area contributed by atoms with Crippen LogP contribution in [-0.2, 0) is 0 Å². The third kappa shape index (κ3) is 1.61. The number of amides is 1. The van der Waals surface area contributed by atoms with Crippen LogP contribution in [0, 0.1) is 0 Å². The topological polar surface area (TPSA) is 104 Å². The van der Waals surface area contributed by atoms with Crippen LogP contribution in [0.15, 0.2) is 41.2 Å². The molecule has 0 atom stereocenters. The Kier molecular flexibility index (Phi) is 2.25. The van der Waals surface area contributed by atoms with Gasteiger partial charge in [-0.15, -0.1) is 0 Å². The van der Waals surface area contributed by atoms with Gasteiger partial charge in [-0.05, 0) is 12.1 Å². The molecule has 0 fully saturated rings. The van der Waals surface area contributed by atoms with E-state index >= 15 is 0 Å². The number of fused-ring (bicyclic) bond motifs is 3. The second kappa shape index (κ2) is 3.81. The molecule has 2 aliphatic rings. The number of primary amides is 1. The SMILES string of the molecule is NC(=O)n1c2c3ccccc3nc-2cc(N)cc1=O. The van der Waals surface area contributed by atoms with Crippen LogP contribution in [0.3, 0.4) is 0 Å². The highest BCUT2D eigenvalue weighted by atomic mass is 16.2. The largest absolute Gasteiger partial charge is 0.399 e. The number of nitrogen functional groups attached to an aromatic ring is 1. The van der Waals surface area contributed by atoms with Gasteiger partial charge < -0.3 is 11.5 Å². The summed E-state index contributed by atoms with van der Waals surface area (Å²) in [6, 6.07) is 9.04. The van der Waals surface area contributed by atoms with Crippen LogP contribution < -0.4 is 17.0 Å². The summed E-state index contributed by atoms with van der Waals surface area (Å²) in [6.07, 6.45) is 0. The fourth-order valence-electron chi connectivity index (χ4n) is 2.16. The number of rotatable bonds is 0. The van der Waals surface area contributed by atoms with Crippen LogP contribution in [-0.4, -0.2) is 15.6 Å². The molecule has 2 heterocycles. The van der Waals surface area contributed by atoms with Gasteiger partial charge in [-0.25, -0.2) is 14.3 Å². The Morgan fingerprint density at radius 2 is 1.95 bits per heavy atom. The van der Waals surface area contributed by atoms with E-state index in [9.17, 15) is 9.59 Å². The van der Waals surface area contributed by atoms with Gasteiger partial charge in [0.1, 0.15) is 0 Å². The number of carbonyl (C=O) groups is 1. The van der Waals surface area contributed by atoms with E-state index < -0.39 is 11.6 Å². The van der Waals surface area contributed by atoms with E-state index in [0.29, 0.717) is 22.3 Å². The Morgan fingerprint density at radius 1 is 1.21 bits per heavy atom. The summed E-state index contributed by atoms with van der Waals surface area (Å²) in [6.45, 7) is 0. The van der Waals surface area contributed by atoms with Gasteiger partial charge in [-0.3, -0.25) is 4.79 Å². The van der Waals surface area contributed by atoms with Gasteiger partial charge >= 0.3 is 6.03 Å². The fourth-order valence-corrected chi connectivity index (χ4v) is 2.16. The number of anilines is 1. The van der Waals surface area contributed by atoms with Gasteiger partial charge in [0.05, 0.1) is 16.9 Å². The third-order valence-corrected chi connectivity index (χ3v) is 2.90. The fraction of sp³-hybridized carbons (Fsp3) is 0. The maximum absolute atomic E-state index is 12.0. The molecule has 1 aromatic rings. The first-order chi connectivity index (χ1) is 9.08. The summed E-state index contributed by atoms with van der Waals surface area (Å²) in [5, 5.41) is 0.684. The first-order valence-electron chi connectivity index (χ1n) is 5.59. The highest BCUT2D eigenvalue weighted by Crippen LogP contribution is 2.29. The Labute approximate surface area is 107 Å². The quantitative estimate of drug-likeness (QED) is 0.624. The number of benzene rings is 1. The van der Waals surface area contributed by atoms with Crippen molar-refractivity contribution < 1.29 is 4.79 Å². The number of aromatic nitrogens is 2. The molecule has 1 aromatic carbocycles. The van der Waals surface area contributed by atoms with E-state index in [2.05, 4.69) is 4.98 Å². The van der Waals surface area contributed by atoms with Gasteiger partial charge in [0.2, 0.25) is 0 Å². The van der Waals surface area contributed by atoms with E-state index in [1.165, 1.54) is 0 Å². The van der Waals surface area contributed by atoms with Gasteiger partial charge in [0.25, 0.3) is 5.56 Å². The molecular weight excluding hydrogens is 244 g/mol. The van der Waals surface area contributed by atoms with Crippen LogP contribution in [0.1, 0.15) is 0 Å². The molecule has 0 saturated carbocycles. The molecule has 94 valence electrons. The molecule has 2 aliphatic heterocycles. The standard InChI is InChI=1S/C13H10N4O2/c14-7-5-10-12(17(13(15)19)11(18)6-7)8-3-1-2-4-9(8)16-10/h1-6H,14H2,(H2,15,19). The third-order valence-electron chi connectivity index (χ3n) is 2.90. The van der Waals surface area contributed by atoms with Crippen molar-refractivity contribution in [1.29, 1.82) is 0 Å². The average Bonchev–Trinajstić information content (AvgIpc) is 2.61. The first-order valence-corrected chi connectivity index (χ1v) is 5.59. The molecule has 0 spiro atoms. The molecule has 6 nitrogen and oxygen atoms in total. The number of para-hydroxylation sites is 1. The van der Waals surface area contributed by atoms with Crippen LogP contribution in [0.2, 0.25) is 0 Å². The number of nitrogens with two attached hydrogens (primary N) is 2. The maximum atomic E-state index is 12.0. The maximum Gasteiger partial charge on any atom is 0.326 e. The van der Waals surface area contributed by atoms with Gasteiger partial charge in [0, 0.05) is 17.1 Å². The van der Waals surface area contributed by atoms with E-state index in [1.54, 1.807) is 24.3 Å². The van der Waals surface area contributed by atoms with Crippen LogP contribution in [0.25, 0.3) is 22.3 Å². The van der Waals surface area contributed by atoms with E-state index in [-0.39, 0.29) is 5.69 Å². The summed E-state index contributed by atoms with van der Waals surface area (Å²) in [5.41, 5.74) is 12.2. The predicted molar refractivity (Wildman–Crippen MR) is 72.0 cm³/mol. The highest BCUT2D eigenvalue weighted by molar-refractivity contribution is 5.99. The highest BCUT2D eigenvalue weighted by Gasteiger charge is 2.19. The summed E-state index contributed by atoms with van der Waals surface area (Å²) in [5.74, 6) is 0. The summed E-state index contributed by atoms with van der Waals surface area (Å²) in [4.78, 5) is 27.9. The number of hydrogen-bond donors (Lipinski definition) is 2. The predicted octanol–water partition coefficient (Wildman–Crippen LogP) is 1.01. The Morgan fingerprint density at radius 3 is 2.68 bits per heavy atom. The number of carbonyl (C=O) groups excluding carboxylic acids is 1. The minimum Gasteiger partial charge on any atom is -0.399 e. The zero-order chi connectivity index (χ0) is 13.6. The molecule has 0 aliphatic carbocycles. The van der Waals surface area contributed by atoms with Gasteiger partial charge in [-0.1, -0.05) is 18.2 Å². The molecular formula is C13H10N4O2. The van der Waals surface area contributed by atoms with Crippen molar-refractivity contribution in [3.63, 3.8) is 0 Å². The van der Waals surface area contributed by atoms with Crippen molar-refractivity contribution in [2.24, 2.45) is 5.73 Å². The van der Waals surface area contributed by atoms with E-state index in [1.807, 2.05) is 6.07 Å². The van der Waals surface area contributed by atoms with E-state index in [0.717, 1.165) is 10.6 Å². The molecule has 0 bridgehead atoms. The molecule has 3 rings (SSSR count). The van der Waals surface area contributed by atoms with Crippen molar-refractivity contribution in [2.45, 2.75) is 0 Å². The van der Waals surface area contributed by atoms with Crippen LogP contribution in [0.4, 0.5) is 10.5 Å². The smallest absolute Gasteiger partial charge is 0.326 e. The zero-order valence-electron chi connectivity index (χ0n) is 9.83. The monoisotopic (exact) mass is 254 g/mol.